The summed E-state index contributed by atoms with van der Waals surface area (Å²) in [5.74, 6) is -0.0266. The number of nitrogens with one attached hydrogen (secondary N) is 1. The van der Waals surface area contributed by atoms with Gasteiger partial charge in [0.25, 0.3) is 5.91 Å². The third-order valence-electron chi connectivity index (χ3n) is 3.48. The number of amides is 1. The first-order chi connectivity index (χ1) is 7.59. The molecule has 0 aromatic carbocycles. The van der Waals surface area contributed by atoms with Gasteiger partial charge >= 0.3 is 0 Å². The van der Waals surface area contributed by atoms with Gasteiger partial charge in [0.05, 0.1) is 5.51 Å². The highest BCUT2D eigenvalue weighted by Crippen LogP contribution is 2.35. The highest BCUT2D eigenvalue weighted by molar-refractivity contribution is 7.07. The fraction of sp³-hybridized carbons (Fsp3) is 0.667. The predicted molar refractivity (Wildman–Crippen MR) is 65.6 cm³/mol. The molecule has 4 heteroatoms. The van der Waals surface area contributed by atoms with Crippen molar-refractivity contribution in [3.05, 3.63) is 16.6 Å². The first-order valence-corrected chi connectivity index (χ1v) is 6.73. The molecular formula is C12H18N2OS. The quantitative estimate of drug-likeness (QED) is 0.861. The van der Waals surface area contributed by atoms with Gasteiger partial charge in [0.1, 0.15) is 5.69 Å². The maximum atomic E-state index is 11.9. The van der Waals surface area contributed by atoms with Crippen LogP contribution in [-0.4, -0.2) is 16.9 Å². The Morgan fingerprint density at radius 2 is 2.38 bits per heavy atom. The van der Waals surface area contributed by atoms with Crippen LogP contribution in [0.3, 0.4) is 0 Å². The standard InChI is InChI=1S/C12H18N2OS/c1-12(2)6-4-3-5-10(12)14-11(15)9-7-16-8-13-9/h7-8,10H,3-6H2,1-2H3,(H,14,15). The lowest BCUT2D eigenvalue weighted by atomic mass is 9.73. The molecule has 1 N–H and O–H groups in total. The molecule has 1 aliphatic rings. The average molecular weight is 238 g/mol. The van der Waals surface area contributed by atoms with Crippen molar-refractivity contribution in [3.63, 3.8) is 0 Å². The van der Waals surface area contributed by atoms with Crippen molar-refractivity contribution in [2.75, 3.05) is 0 Å². The molecule has 1 aliphatic carbocycles. The molecule has 88 valence electrons. The lowest BCUT2D eigenvalue weighted by Gasteiger charge is -2.38. The molecule has 1 atom stereocenters. The predicted octanol–water partition coefficient (Wildman–Crippen LogP) is 2.84. The van der Waals surface area contributed by atoms with E-state index in [1.54, 1.807) is 10.9 Å². The van der Waals surface area contributed by atoms with Gasteiger partial charge in [0.2, 0.25) is 0 Å². The van der Waals surface area contributed by atoms with Crippen LogP contribution in [0.15, 0.2) is 10.9 Å². The summed E-state index contributed by atoms with van der Waals surface area (Å²) in [7, 11) is 0. The van der Waals surface area contributed by atoms with Crippen LogP contribution in [0.1, 0.15) is 50.0 Å². The molecular weight excluding hydrogens is 220 g/mol. The Morgan fingerprint density at radius 3 is 3.00 bits per heavy atom. The molecule has 0 saturated heterocycles. The van der Waals surface area contributed by atoms with Crippen LogP contribution in [0.2, 0.25) is 0 Å². The van der Waals surface area contributed by atoms with Crippen LogP contribution in [0.5, 0.6) is 0 Å². The van der Waals surface area contributed by atoms with Crippen LogP contribution in [-0.2, 0) is 0 Å². The van der Waals surface area contributed by atoms with Crippen molar-refractivity contribution in [2.24, 2.45) is 5.41 Å². The summed E-state index contributed by atoms with van der Waals surface area (Å²) in [5.41, 5.74) is 2.46. The molecule has 0 bridgehead atoms. The average Bonchev–Trinajstić information content (AvgIpc) is 2.74. The van der Waals surface area contributed by atoms with E-state index in [2.05, 4.69) is 24.1 Å². The van der Waals surface area contributed by atoms with Crippen molar-refractivity contribution >= 4 is 17.2 Å². The van der Waals surface area contributed by atoms with Gasteiger partial charge in [0.15, 0.2) is 0 Å². The Hall–Kier alpha value is -0.900. The molecule has 1 fully saturated rings. The normalized spacial score (nSPS) is 24.0. The number of rotatable bonds is 2. The van der Waals surface area contributed by atoms with Gasteiger partial charge in [-0.25, -0.2) is 4.98 Å². The van der Waals surface area contributed by atoms with Crippen molar-refractivity contribution in [1.82, 2.24) is 10.3 Å². The van der Waals surface area contributed by atoms with E-state index in [4.69, 9.17) is 0 Å². The second kappa shape index (κ2) is 4.53. The van der Waals surface area contributed by atoms with E-state index >= 15 is 0 Å². The van der Waals surface area contributed by atoms with Gasteiger partial charge in [0, 0.05) is 11.4 Å². The summed E-state index contributed by atoms with van der Waals surface area (Å²) in [6, 6.07) is 0.287. The second-order valence-corrected chi connectivity index (χ2v) is 5.85. The number of thiazole rings is 1. The van der Waals surface area contributed by atoms with Gasteiger partial charge in [-0.3, -0.25) is 4.79 Å². The topological polar surface area (TPSA) is 42.0 Å². The molecule has 1 saturated carbocycles. The van der Waals surface area contributed by atoms with Crippen LogP contribution < -0.4 is 5.32 Å². The summed E-state index contributed by atoms with van der Waals surface area (Å²) in [6.45, 7) is 4.47. The summed E-state index contributed by atoms with van der Waals surface area (Å²) in [5, 5.41) is 4.91. The van der Waals surface area contributed by atoms with Crippen molar-refractivity contribution in [2.45, 2.75) is 45.6 Å². The molecule has 0 aliphatic heterocycles. The number of hydrogen-bond acceptors (Lipinski definition) is 3. The monoisotopic (exact) mass is 238 g/mol. The minimum absolute atomic E-state index is 0.0266. The smallest absolute Gasteiger partial charge is 0.270 e. The molecule has 1 heterocycles. The maximum Gasteiger partial charge on any atom is 0.270 e. The number of hydrogen-bond donors (Lipinski definition) is 1. The number of nitrogens with zero attached hydrogens (tertiary/aromatic N) is 1. The largest absolute Gasteiger partial charge is 0.347 e. The molecule has 1 amide bonds. The Morgan fingerprint density at radius 1 is 1.56 bits per heavy atom. The van der Waals surface area contributed by atoms with E-state index in [0.29, 0.717) is 5.69 Å². The van der Waals surface area contributed by atoms with Gasteiger partial charge in [-0.15, -0.1) is 11.3 Å². The number of carbonyl (C=O) groups is 1. The zero-order valence-electron chi connectivity index (χ0n) is 9.82. The number of carbonyl (C=O) groups excluding carboxylic acids is 1. The van der Waals surface area contributed by atoms with Crippen molar-refractivity contribution in [3.8, 4) is 0 Å². The molecule has 3 nitrogen and oxygen atoms in total. The molecule has 0 spiro atoms. The van der Waals surface area contributed by atoms with Crippen LogP contribution in [0, 0.1) is 5.41 Å². The number of aromatic nitrogens is 1. The van der Waals surface area contributed by atoms with Crippen molar-refractivity contribution < 1.29 is 4.79 Å². The van der Waals surface area contributed by atoms with E-state index < -0.39 is 0 Å². The highest BCUT2D eigenvalue weighted by Gasteiger charge is 2.33. The summed E-state index contributed by atoms with van der Waals surface area (Å²) in [6.07, 6.45) is 4.76. The fourth-order valence-corrected chi connectivity index (χ4v) is 2.85. The van der Waals surface area contributed by atoms with Gasteiger partial charge in [-0.05, 0) is 18.3 Å². The van der Waals surface area contributed by atoms with Gasteiger partial charge < -0.3 is 5.32 Å². The zero-order valence-corrected chi connectivity index (χ0v) is 10.6. The SMILES string of the molecule is CC1(C)CCCCC1NC(=O)c1cscn1. The third kappa shape index (κ3) is 2.43. The summed E-state index contributed by atoms with van der Waals surface area (Å²) >= 11 is 1.46. The van der Waals surface area contributed by atoms with E-state index in [0.717, 1.165) is 6.42 Å². The Labute approximate surface area is 100 Å². The molecule has 1 aromatic heterocycles. The lowest BCUT2D eigenvalue weighted by Crippen LogP contribution is -2.46. The molecule has 1 unspecified atom stereocenters. The second-order valence-electron chi connectivity index (χ2n) is 5.13. The maximum absolute atomic E-state index is 11.9. The Bertz CT molecular complexity index is 359. The van der Waals surface area contributed by atoms with Gasteiger partial charge in [-0.1, -0.05) is 26.7 Å². The van der Waals surface area contributed by atoms with Crippen LogP contribution in [0.25, 0.3) is 0 Å². The Kier molecular flexibility index (Phi) is 3.28. The first kappa shape index (κ1) is 11.6. The third-order valence-corrected chi connectivity index (χ3v) is 4.06. The highest BCUT2D eigenvalue weighted by atomic mass is 32.1. The van der Waals surface area contributed by atoms with E-state index in [1.165, 1.54) is 30.6 Å². The van der Waals surface area contributed by atoms with Gasteiger partial charge in [-0.2, -0.15) is 0 Å². The molecule has 16 heavy (non-hydrogen) atoms. The van der Waals surface area contributed by atoms with Crippen LogP contribution in [0.4, 0.5) is 0 Å². The molecule has 0 radical (unpaired) electrons. The Balaban J connectivity index is 2.01. The van der Waals surface area contributed by atoms with E-state index in [9.17, 15) is 4.79 Å². The zero-order chi connectivity index (χ0) is 11.6. The summed E-state index contributed by atoms with van der Waals surface area (Å²) < 4.78 is 0. The lowest BCUT2D eigenvalue weighted by molar-refractivity contribution is 0.0849. The minimum atomic E-state index is -0.0266. The molecule has 2 rings (SSSR count). The molecule has 1 aromatic rings. The van der Waals surface area contributed by atoms with Crippen LogP contribution >= 0.6 is 11.3 Å². The first-order valence-electron chi connectivity index (χ1n) is 5.79. The van der Waals surface area contributed by atoms with E-state index in [-0.39, 0.29) is 17.4 Å². The minimum Gasteiger partial charge on any atom is -0.347 e. The van der Waals surface area contributed by atoms with E-state index in [1.807, 2.05) is 0 Å². The van der Waals surface area contributed by atoms with Crippen molar-refractivity contribution in [1.29, 1.82) is 0 Å². The fourth-order valence-electron chi connectivity index (χ4n) is 2.32. The summed E-state index contributed by atoms with van der Waals surface area (Å²) in [4.78, 5) is 15.9.